The van der Waals surface area contributed by atoms with E-state index >= 15 is 0 Å². The highest BCUT2D eigenvalue weighted by atomic mass is 16.2. The van der Waals surface area contributed by atoms with Gasteiger partial charge < -0.3 is 5.73 Å². The summed E-state index contributed by atoms with van der Waals surface area (Å²) in [6.07, 6.45) is 3.12. The Morgan fingerprint density at radius 1 is 1.69 bits per heavy atom. The van der Waals surface area contributed by atoms with Crippen LogP contribution in [0.5, 0.6) is 0 Å². The van der Waals surface area contributed by atoms with Crippen LogP contribution in [0, 0.1) is 6.92 Å². The zero-order valence-corrected chi connectivity index (χ0v) is 7.19. The van der Waals surface area contributed by atoms with Gasteiger partial charge in [0.05, 0.1) is 6.21 Å². The van der Waals surface area contributed by atoms with Crippen molar-refractivity contribution in [1.29, 1.82) is 0 Å². The monoisotopic (exact) mass is 178 g/mol. The van der Waals surface area contributed by atoms with Crippen molar-refractivity contribution in [2.75, 3.05) is 0 Å². The van der Waals surface area contributed by atoms with E-state index in [0.717, 1.165) is 11.3 Å². The molecular weight excluding hydrogens is 168 g/mol. The van der Waals surface area contributed by atoms with Crippen molar-refractivity contribution in [2.24, 2.45) is 10.8 Å². The highest BCUT2D eigenvalue weighted by molar-refractivity contribution is 5.80. The zero-order chi connectivity index (χ0) is 9.68. The predicted molar refractivity (Wildman–Crippen MR) is 49.3 cm³/mol. The van der Waals surface area contributed by atoms with Gasteiger partial charge >= 0.3 is 6.03 Å². The third-order valence-corrected chi connectivity index (χ3v) is 1.32. The summed E-state index contributed by atoms with van der Waals surface area (Å²) in [5.74, 6) is 0. The number of hydrogen-bond acceptors (Lipinski definition) is 3. The maximum atomic E-state index is 10.2. The largest absolute Gasteiger partial charge is 0.350 e. The van der Waals surface area contributed by atoms with Gasteiger partial charge in [0.1, 0.15) is 0 Å². The molecule has 5 heteroatoms. The van der Waals surface area contributed by atoms with Crippen LogP contribution in [0.25, 0.3) is 0 Å². The van der Waals surface area contributed by atoms with Gasteiger partial charge in [0.2, 0.25) is 0 Å². The Labute approximate surface area is 75.7 Å². The molecule has 2 amide bonds. The van der Waals surface area contributed by atoms with E-state index in [9.17, 15) is 4.79 Å². The van der Waals surface area contributed by atoms with Crippen molar-refractivity contribution in [3.05, 3.63) is 29.6 Å². The normalized spacial score (nSPS) is 10.2. The van der Waals surface area contributed by atoms with Crippen LogP contribution in [0.15, 0.2) is 23.4 Å². The molecule has 0 spiro atoms. The molecule has 0 aliphatic carbocycles. The first-order valence-electron chi connectivity index (χ1n) is 3.69. The summed E-state index contributed by atoms with van der Waals surface area (Å²) in [7, 11) is 0. The van der Waals surface area contributed by atoms with Gasteiger partial charge in [-0.25, -0.2) is 10.2 Å². The molecule has 0 bridgehead atoms. The van der Waals surface area contributed by atoms with Gasteiger partial charge in [0.15, 0.2) is 0 Å². The number of carbonyl (C=O) groups is 1. The topological polar surface area (TPSA) is 80.4 Å². The molecule has 1 aromatic heterocycles. The number of pyridine rings is 1. The van der Waals surface area contributed by atoms with Crippen molar-refractivity contribution < 1.29 is 4.79 Å². The second kappa shape index (κ2) is 4.20. The molecule has 3 N–H and O–H groups in total. The Kier molecular flexibility index (Phi) is 2.97. The number of nitrogens with one attached hydrogen (secondary N) is 1. The lowest BCUT2D eigenvalue weighted by molar-refractivity contribution is 0.249. The summed E-state index contributed by atoms with van der Waals surface area (Å²) >= 11 is 0. The Morgan fingerprint density at radius 3 is 3.00 bits per heavy atom. The first kappa shape index (κ1) is 9.18. The quantitative estimate of drug-likeness (QED) is 0.507. The first-order valence-corrected chi connectivity index (χ1v) is 3.69. The molecule has 1 aromatic rings. The van der Waals surface area contributed by atoms with Crippen LogP contribution in [0.4, 0.5) is 4.79 Å². The van der Waals surface area contributed by atoms with Crippen LogP contribution in [-0.4, -0.2) is 17.2 Å². The lowest BCUT2D eigenvalue weighted by atomic mass is 10.3. The van der Waals surface area contributed by atoms with Crippen LogP contribution >= 0.6 is 0 Å². The average Bonchev–Trinajstić information content (AvgIpc) is 2.08. The van der Waals surface area contributed by atoms with E-state index in [1.807, 2.05) is 19.1 Å². The van der Waals surface area contributed by atoms with E-state index in [2.05, 4.69) is 15.5 Å². The number of hydrazone groups is 1. The van der Waals surface area contributed by atoms with Crippen LogP contribution in [0.2, 0.25) is 0 Å². The Morgan fingerprint density at radius 2 is 2.46 bits per heavy atom. The molecule has 0 aliphatic rings. The SMILES string of the molecule is Cc1ccc(C=NNC(N)=O)cn1. The highest BCUT2D eigenvalue weighted by Gasteiger charge is 1.88. The molecule has 13 heavy (non-hydrogen) atoms. The summed E-state index contributed by atoms with van der Waals surface area (Å²) in [6, 6.07) is 3.01. The Balaban J connectivity index is 2.59. The van der Waals surface area contributed by atoms with Crippen molar-refractivity contribution >= 4 is 12.2 Å². The highest BCUT2D eigenvalue weighted by Crippen LogP contribution is 1.94. The van der Waals surface area contributed by atoms with E-state index in [0.29, 0.717) is 0 Å². The first-order chi connectivity index (χ1) is 6.18. The maximum Gasteiger partial charge on any atom is 0.332 e. The molecule has 0 atom stereocenters. The third-order valence-electron chi connectivity index (χ3n) is 1.32. The molecule has 0 aromatic carbocycles. The summed E-state index contributed by atoms with van der Waals surface area (Å²) < 4.78 is 0. The number of rotatable bonds is 2. The maximum absolute atomic E-state index is 10.2. The minimum Gasteiger partial charge on any atom is -0.350 e. The molecule has 0 saturated heterocycles. The van der Waals surface area contributed by atoms with Gasteiger partial charge in [-0.05, 0) is 13.0 Å². The zero-order valence-electron chi connectivity index (χ0n) is 7.19. The molecule has 1 heterocycles. The summed E-state index contributed by atoms with van der Waals surface area (Å²) in [6.45, 7) is 1.89. The predicted octanol–water partition coefficient (Wildman–Crippen LogP) is 0.392. The van der Waals surface area contributed by atoms with Gasteiger partial charge in [-0.15, -0.1) is 0 Å². The van der Waals surface area contributed by atoms with Crippen LogP contribution in [0.3, 0.4) is 0 Å². The van der Waals surface area contributed by atoms with Gasteiger partial charge in [-0.3, -0.25) is 4.98 Å². The third kappa shape index (κ3) is 3.33. The lowest BCUT2D eigenvalue weighted by Crippen LogP contribution is -2.24. The number of hydrogen-bond donors (Lipinski definition) is 2. The summed E-state index contributed by atoms with van der Waals surface area (Å²) in [5, 5.41) is 3.58. The van der Waals surface area contributed by atoms with Crippen molar-refractivity contribution in [3.63, 3.8) is 0 Å². The lowest BCUT2D eigenvalue weighted by Gasteiger charge is -1.93. The number of amides is 2. The number of nitrogens with zero attached hydrogens (tertiary/aromatic N) is 2. The number of urea groups is 1. The summed E-state index contributed by atoms with van der Waals surface area (Å²) in [4.78, 5) is 14.3. The fourth-order valence-corrected chi connectivity index (χ4v) is 0.726. The number of primary amides is 1. The summed E-state index contributed by atoms with van der Waals surface area (Å²) in [5.41, 5.74) is 8.63. The number of aromatic nitrogens is 1. The minimum absolute atomic E-state index is 0.684. The van der Waals surface area contributed by atoms with Crippen molar-refractivity contribution in [1.82, 2.24) is 10.4 Å². The van der Waals surface area contributed by atoms with Gasteiger partial charge in [-0.2, -0.15) is 5.10 Å². The second-order valence-corrected chi connectivity index (χ2v) is 2.47. The van der Waals surface area contributed by atoms with E-state index in [1.165, 1.54) is 6.21 Å². The van der Waals surface area contributed by atoms with Crippen molar-refractivity contribution in [3.8, 4) is 0 Å². The van der Waals surface area contributed by atoms with E-state index in [1.54, 1.807) is 6.20 Å². The molecule has 1 rings (SSSR count). The number of nitrogens with two attached hydrogens (primary N) is 1. The smallest absolute Gasteiger partial charge is 0.332 e. The van der Waals surface area contributed by atoms with E-state index in [4.69, 9.17) is 5.73 Å². The molecular formula is C8H10N4O. The van der Waals surface area contributed by atoms with E-state index in [-0.39, 0.29) is 0 Å². The van der Waals surface area contributed by atoms with Gasteiger partial charge in [0, 0.05) is 17.5 Å². The van der Waals surface area contributed by atoms with Gasteiger partial charge in [0.25, 0.3) is 0 Å². The molecule has 68 valence electrons. The molecule has 0 aliphatic heterocycles. The molecule has 0 fully saturated rings. The van der Waals surface area contributed by atoms with Crippen LogP contribution in [-0.2, 0) is 0 Å². The minimum atomic E-state index is -0.684. The molecule has 5 nitrogen and oxygen atoms in total. The van der Waals surface area contributed by atoms with Crippen molar-refractivity contribution in [2.45, 2.75) is 6.92 Å². The fourth-order valence-electron chi connectivity index (χ4n) is 0.726. The number of carbonyl (C=O) groups excluding carboxylic acids is 1. The standard InChI is InChI=1S/C8H10N4O/c1-6-2-3-7(4-10-6)5-11-12-8(9)13/h2-5H,1H3,(H3,9,12,13). The van der Waals surface area contributed by atoms with Crippen LogP contribution in [0.1, 0.15) is 11.3 Å². The number of aryl methyl sites for hydroxylation is 1. The van der Waals surface area contributed by atoms with Crippen LogP contribution < -0.4 is 11.2 Å². The molecule has 0 radical (unpaired) electrons. The fraction of sp³-hybridized carbons (Fsp3) is 0.125. The average molecular weight is 178 g/mol. The molecule has 0 saturated carbocycles. The molecule has 0 unspecified atom stereocenters. The van der Waals surface area contributed by atoms with E-state index < -0.39 is 6.03 Å². The Bertz CT molecular complexity index is 317. The second-order valence-electron chi connectivity index (χ2n) is 2.47. The Hall–Kier alpha value is -1.91. The van der Waals surface area contributed by atoms with Gasteiger partial charge in [-0.1, -0.05) is 6.07 Å².